The number of halogens is 1. The predicted molar refractivity (Wildman–Crippen MR) is 79.0 cm³/mol. The van der Waals surface area contributed by atoms with Gasteiger partial charge < -0.3 is 16.8 Å². The smallest absolute Gasteiger partial charge is 0.230 e. The van der Waals surface area contributed by atoms with Crippen molar-refractivity contribution in [1.82, 2.24) is 5.32 Å². The maximum Gasteiger partial charge on any atom is 0.230 e. The lowest BCUT2D eigenvalue weighted by molar-refractivity contribution is -0.119. The fourth-order valence-electron chi connectivity index (χ4n) is 1.40. The predicted octanol–water partition coefficient (Wildman–Crippen LogP) is 0.944. The van der Waals surface area contributed by atoms with Crippen molar-refractivity contribution in [3.63, 3.8) is 0 Å². The molecular weight excluding hydrogens is 281 g/mol. The van der Waals surface area contributed by atoms with Gasteiger partial charge in [-0.15, -0.1) is 0 Å². The second-order valence-electron chi connectivity index (χ2n) is 3.97. The molecule has 0 aliphatic carbocycles. The molecule has 1 aromatic rings. The Hall–Kier alpha value is -2.09. The molecule has 0 aromatic heterocycles. The zero-order valence-electron chi connectivity index (χ0n) is 10.9. The third-order valence-corrected chi connectivity index (χ3v) is 3.09. The van der Waals surface area contributed by atoms with Crippen LogP contribution in [-0.2, 0) is 4.79 Å². The van der Waals surface area contributed by atoms with Gasteiger partial charge in [-0.3, -0.25) is 10.2 Å². The molecule has 0 saturated heterocycles. The van der Waals surface area contributed by atoms with E-state index < -0.39 is 0 Å². The van der Waals surface area contributed by atoms with Crippen molar-refractivity contribution in [2.75, 3.05) is 5.75 Å². The van der Waals surface area contributed by atoms with Crippen molar-refractivity contribution in [2.45, 2.75) is 13.0 Å². The summed E-state index contributed by atoms with van der Waals surface area (Å²) < 4.78 is 12.8. The van der Waals surface area contributed by atoms with Crippen LogP contribution in [0.3, 0.4) is 0 Å². The van der Waals surface area contributed by atoms with Crippen LogP contribution in [0.4, 0.5) is 4.39 Å². The Labute approximate surface area is 120 Å². The number of amides is 1. The number of amidine groups is 1. The summed E-state index contributed by atoms with van der Waals surface area (Å²) in [6, 6.07) is 5.63. The highest BCUT2D eigenvalue weighted by Crippen LogP contribution is 2.13. The Morgan fingerprint density at radius 1 is 1.45 bits per heavy atom. The van der Waals surface area contributed by atoms with Crippen LogP contribution >= 0.6 is 11.8 Å². The molecule has 1 unspecified atom stereocenters. The number of hydrogen-bond donors (Lipinski definition) is 4. The number of guanidine groups is 1. The maximum atomic E-state index is 12.8. The lowest BCUT2D eigenvalue weighted by Crippen LogP contribution is -2.29. The lowest BCUT2D eigenvalue weighted by atomic mass is 10.1. The fraction of sp³-hybridized carbons (Fsp3) is 0.250. The van der Waals surface area contributed by atoms with Crippen LogP contribution in [0.15, 0.2) is 29.3 Å². The van der Waals surface area contributed by atoms with Crippen molar-refractivity contribution in [3.05, 3.63) is 35.6 Å². The number of hydrogen-bond acceptors (Lipinski definition) is 3. The average Bonchev–Trinajstić information content (AvgIpc) is 2.36. The SMILES string of the molecule is CC(NC(=O)CSC(=N)N=C(N)N)c1ccc(F)cc1. The first kappa shape index (κ1) is 16.0. The van der Waals surface area contributed by atoms with E-state index in [2.05, 4.69) is 10.3 Å². The topological polar surface area (TPSA) is 117 Å². The van der Waals surface area contributed by atoms with E-state index >= 15 is 0 Å². The van der Waals surface area contributed by atoms with E-state index in [1.165, 1.54) is 12.1 Å². The molecule has 1 aromatic carbocycles. The molecule has 8 heteroatoms. The van der Waals surface area contributed by atoms with Crippen LogP contribution in [0.5, 0.6) is 0 Å². The van der Waals surface area contributed by atoms with E-state index in [1.807, 2.05) is 0 Å². The average molecular weight is 297 g/mol. The van der Waals surface area contributed by atoms with Gasteiger partial charge in [0.15, 0.2) is 11.1 Å². The Balaban J connectivity index is 2.44. The van der Waals surface area contributed by atoms with E-state index in [9.17, 15) is 9.18 Å². The minimum Gasteiger partial charge on any atom is -0.370 e. The second kappa shape index (κ2) is 7.49. The molecule has 1 amide bonds. The van der Waals surface area contributed by atoms with Gasteiger partial charge in [-0.25, -0.2) is 4.39 Å². The summed E-state index contributed by atoms with van der Waals surface area (Å²) in [6.07, 6.45) is 0. The maximum absolute atomic E-state index is 12.8. The van der Waals surface area contributed by atoms with Gasteiger partial charge >= 0.3 is 0 Å². The van der Waals surface area contributed by atoms with Gasteiger partial charge in [0.1, 0.15) is 5.82 Å². The minimum absolute atomic E-state index is 0.0289. The summed E-state index contributed by atoms with van der Waals surface area (Å²) in [5.41, 5.74) is 11.0. The molecule has 0 bridgehead atoms. The number of nitrogens with one attached hydrogen (secondary N) is 2. The van der Waals surface area contributed by atoms with Crippen molar-refractivity contribution in [2.24, 2.45) is 16.5 Å². The molecule has 0 fully saturated rings. The third-order valence-electron chi connectivity index (χ3n) is 2.32. The summed E-state index contributed by atoms with van der Waals surface area (Å²) in [4.78, 5) is 15.2. The largest absolute Gasteiger partial charge is 0.370 e. The van der Waals surface area contributed by atoms with Crippen molar-refractivity contribution in [1.29, 1.82) is 5.41 Å². The first-order valence-electron chi connectivity index (χ1n) is 5.74. The summed E-state index contributed by atoms with van der Waals surface area (Å²) >= 11 is 0.916. The normalized spacial score (nSPS) is 11.5. The lowest BCUT2D eigenvalue weighted by Gasteiger charge is -2.14. The number of carbonyl (C=O) groups is 1. The van der Waals surface area contributed by atoms with Gasteiger partial charge in [0.2, 0.25) is 5.91 Å². The Bertz CT molecular complexity index is 513. The number of carbonyl (C=O) groups excluding carboxylic acids is 1. The summed E-state index contributed by atoms with van der Waals surface area (Å²) in [6.45, 7) is 1.79. The van der Waals surface area contributed by atoms with Crippen LogP contribution in [0, 0.1) is 11.2 Å². The number of nitrogens with two attached hydrogens (primary N) is 2. The summed E-state index contributed by atoms with van der Waals surface area (Å²) in [7, 11) is 0. The molecule has 6 nitrogen and oxygen atoms in total. The van der Waals surface area contributed by atoms with Crippen molar-refractivity contribution < 1.29 is 9.18 Å². The minimum atomic E-state index is -0.325. The molecule has 1 rings (SSSR count). The van der Waals surface area contributed by atoms with E-state index in [-0.39, 0.29) is 34.6 Å². The Kier molecular flexibility index (Phi) is 5.98. The highest BCUT2D eigenvalue weighted by atomic mass is 32.2. The molecule has 0 radical (unpaired) electrons. The van der Waals surface area contributed by atoms with Gasteiger partial charge in [-0.05, 0) is 24.6 Å². The second-order valence-corrected chi connectivity index (χ2v) is 4.94. The summed E-state index contributed by atoms with van der Waals surface area (Å²) in [5, 5.41) is 9.98. The molecule has 0 heterocycles. The van der Waals surface area contributed by atoms with Gasteiger partial charge in [-0.2, -0.15) is 4.99 Å². The Morgan fingerprint density at radius 3 is 2.60 bits per heavy atom. The van der Waals surface area contributed by atoms with Crippen LogP contribution < -0.4 is 16.8 Å². The highest BCUT2D eigenvalue weighted by molar-refractivity contribution is 8.14. The van der Waals surface area contributed by atoms with Crippen LogP contribution in [0.25, 0.3) is 0 Å². The number of aliphatic imine (C=N–C) groups is 1. The van der Waals surface area contributed by atoms with Crippen molar-refractivity contribution >= 4 is 28.8 Å². The molecule has 0 spiro atoms. The summed E-state index contributed by atoms with van der Waals surface area (Å²) in [5.74, 6) is -0.778. The first-order chi connectivity index (χ1) is 9.38. The first-order valence-corrected chi connectivity index (χ1v) is 6.73. The van der Waals surface area contributed by atoms with E-state index in [4.69, 9.17) is 16.9 Å². The van der Waals surface area contributed by atoms with Crippen LogP contribution in [0.1, 0.15) is 18.5 Å². The molecule has 0 aliphatic heterocycles. The van der Waals surface area contributed by atoms with E-state index in [0.717, 1.165) is 17.3 Å². The monoisotopic (exact) mass is 297 g/mol. The molecule has 6 N–H and O–H groups in total. The zero-order chi connectivity index (χ0) is 15.1. The highest BCUT2D eigenvalue weighted by Gasteiger charge is 2.10. The standard InChI is InChI=1S/C12H16FN5OS/c1-7(8-2-4-9(13)5-3-8)17-10(19)6-20-12(16)18-11(14)15/h2-5,7H,6H2,1H3,(H,17,19)(H5,14,15,16,18). The van der Waals surface area contributed by atoms with Gasteiger partial charge in [0.25, 0.3) is 0 Å². The zero-order valence-corrected chi connectivity index (χ0v) is 11.7. The van der Waals surface area contributed by atoms with Crippen molar-refractivity contribution in [3.8, 4) is 0 Å². The fourth-order valence-corrected chi connectivity index (χ4v) is 1.92. The molecule has 1 atom stereocenters. The van der Waals surface area contributed by atoms with Crippen LogP contribution in [0.2, 0.25) is 0 Å². The van der Waals surface area contributed by atoms with E-state index in [1.54, 1.807) is 19.1 Å². The Morgan fingerprint density at radius 2 is 2.05 bits per heavy atom. The van der Waals surface area contributed by atoms with Gasteiger partial charge in [0.05, 0.1) is 11.8 Å². The number of rotatable bonds is 4. The molecule has 108 valence electrons. The van der Waals surface area contributed by atoms with Gasteiger partial charge in [0, 0.05) is 0 Å². The molecular formula is C12H16FN5OS. The third kappa shape index (κ3) is 5.70. The molecule has 0 aliphatic rings. The number of benzene rings is 1. The number of nitrogens with zero attached hydrogens (tertiary/aromatic N) is 1. The van der Waals surface area contributed by atoms with E-state index in [0.29, 0.717) is 0 Å². The molecule has 0 saturated carbocycles. The van der Waals surface area contributed by atoms with Gasteiger partial charge in [-0.1, -0.05) is 23.9 Å². The number of thioether (sulfide) groups is 1. The van der Waals surface area contributed by atoms with Crippen LogP contribution in [-0.4, -0.2) is 22.8 Å². The quantitative estimate of drug-likeness (QED) is 0.488. The molecule has 20 heavy (non-hydrogen) atoms.